The van der Waals surface area contributed by atoms with Gasteiger partial charge in [-0.25, -0.2) is 4.98 Å². The van der Waals surface area contributed by atoms with Gasteiger partial charge in [-0.1, -0.05) is 13.8 Å². The number of aliphatic hydroxyl groups excluding tert-OH is 1. The summed E-state index contributed by atoms with van der Waals surface area (Å²) in [7, 11) is 0. The summed E-state index contributed by atoms with van der Waals surface area (Å²) in [5.41, 5.74) is 0. The number of anilines is 1. The molecule has 2 rings (SSSR count). The predicted octanol–water partition coefficient (Wildman–Crippen LogP) is 2.16. The maximum Gasteiger partial charge on any atom is 0.205 e. The maximum absolute atomic E-state index is 10.2. The van der Waals surface area contributed by atoms with Crippen LogP contribution in [0.5, 0.6) is 0 Å². The van der Waals surface area contributed by atoms with Gasteiger partial charge in [0.15, 0.2) is 0 Å². The Morgan fingerprint density at radius 1 is 1.19 bits per heavy atom. The van der Waals surface area contributed by atoms with Crippen molar-refractivity contribution in [3.63, 3.8) is 0 Å². The SMILES string of the molecule is Cc1nsc(N2CCCN(CC(O)CCC(C)C)CC2)n1. The summed E-state index contributed by atoms with van der Waals surface area (Å²) in [5.74, 6) is 1.53. The van der Waals surface area contributed by atoms with Crippen LogP contribution in [0, 0.1) is 12.8 Å². The van der Waals surface area contributed by atoms with Crippen molar-refractivity contribution in [3.05, 3.63) is 5.82 Å². The van der Waals surface area contributed by atoms with E-state index in [0.29, 0.717) is 5.92 Å². The Bertz CT molecular complexity index is 424. The summed E-state index contributed by atoms with van der Waals surface area (Å²) in [6.45, 7) is 11.2. The molecule has 21 heavy (non-hydrogen) atoms. The second kappa shape index (κ2) is 8.06. The van der Waals surface area contributed by atoms with E-state index in [9.17, 15) is 5.11 Å². The number of aliphatic hydroxyl groups is 1. The number of aryl methyl sites for hydroxylation is 1. The van der Waals surface area contributed by atoms with E-state index in [4.69, 9.17) is 0 Å². The molecule has 0 bridgehead atoms. The molecule has 0 saturated carbocycles. The number of rotatable bonds is 6. The van der Waals surface area contributed by atoms with Gasteiger partial charge in [0.1, 0.15) is 5.82 Å². The van der Waals surface area contributed by atoms with E-state index in [0.717, 1.165) is 62.9 Å². The van der Waals surface area contributed by atoms with Crippen LogP contribution in [0.1, 0.15) is 38.9 Å². The van der Waals surface area contributed by atoms with Gasteiger partial charge in [-0.05, 0) is 38.6 Å². The van der Waals surface area contributed by atoms with Crippen molar-refractivity contribution in [1.82, 2.24) is 14.3 Å². The van der Waals surface area contributed by atoms with Crippen molar-refractivity contribution >= 4 is 16.7 Å². The van der Waals surface area contributed by atoms with E-state index in [2.05, 4.69) is 33.0 Å². The minimum atomic E-state index is -0.192. The smallest absolute Gasteiger partial charge is 0.205 e. The molecule has 1 fully saturated rings. The maximum atomic E-state index is 10.2. The summed E-state index contributed by atoms with van der Waals surface area (Å²) < 4.78 is 4.27. The molecule has 0 aromatic carbocycles. The van der Waals surface area contributed by atoms with Gasteiger partial charge >= 0.3 is 0 Å². The van der Waals surface area contributed by atoms with Gasteiger partial charge in [-0.15, -0.1) is 0 Å². The third-order valence-corrected chi connectivity index (χ3v) is 4.79. The lowest BCUT2D eigenvalue weighted by molar-refractivity contribution is 0.104. The van der Waals surface area contributed by atoms with E-state index in [-0.39, 0.29) is 6.10 Å². The van der Waals surface area contributed by atoms with Crippen LogP contribution >= 0.6 is 11.5 Å². The molecule has 1 unspecified atom stereocenters. The Morgan fingerprint density at radius 2 is 2.00 bits per heavy atom. The van der Waals surface area contributed by atoms with Gasteiger partial charge in [-0.2, -0.15) is 4.37 Å². The van der Waals surface area contributed by atoms with Crippen LogP contribution in [0.3, 0.4) is 0 Å². The van der Waals surface area contributed by atoms with Gasteiger partial charge in [0, 0.05) is 37.7 Å². The molecule has 2 heterocycles. The van der Waals surface area contributed by atoms with Crippen molar-refractivity contribution in [2.75, 3.05) is 37.6 Å². The van der Waals surface area contributed by atoms with E-state index < -0.39 is 0 Å². The van der Waals surface area contributed by atoms with Crippen LogP contribution in [0.4, 0.5) is 5.13 Å². The average Bonchev–Trinajstić information content (AvgIpc) is 2.73. The lowest BCUT2D eigenvalue weighted by atomic mass is 10.0. The molecule has 0 radical (unpaired) electrons. The molecule has 1 aromatic heterocycles. The molecule has 1 aromatic rings. The first kappa shape index (κ1) is 16.6. The third kappa shape index (κ3) is 5.52. The molecule has 0 spiro atoms. The molecular formula is C15H28N4OS. The zero-order valence-corrected chi connectivity index (χ0v) is 14.3. The molecule has 0 amide bonds. The number of β-amino-alcohol motifs (C(OH)–C–C–N with tert-alkyl or cyclic N) is 1. The van der Waals surface area contributed by atoms with Gasteiger partial charge in [0.2, 0.25) is 5.13 Å². The number of nitrogens with zero attached hydrogens (tertiary/aromatic N) is 4. The highest BCUT2D eigenvalue weighted by Gasteiger charge is 2.19. The lowest BCUT2D eigenvalue weighted by Gasteiger charge is -2.24. The minimum absolute atomic E-state index is 0.192. The summed E-state index contributed by atoms with van der Waals surface area (Å²) in [6, 6.07) is 0. The van der Waals surface area contributed by atoms with Crippen molar-refractivity contribution in [2.24, 2.45) is 5.92 Å². The number of hydrogen-bond acceptors (Lipinski definition) is 6. The lowest BCUT2D eigenvalue weighted by Crippen LogP contribution is -2.36. The van der Waals surface area contributed by atoms with Gasteiger partial charge in [0.05, 0.1) is 6.10 Å². The first-order chi connectivity index (χ1) is 10.0. The van der Waals surface area contributed by atoms with Crippen molar-refractivity contribution < 1.29 is 5.11 Å². The zero-order chi connectivity index (χ0) is 15.2. The standard InChI is InChI=1S/C15H28N4OS/c1-12(2)5-6-14(20)11-18-7-4-8-19(10-9-18)15-16-13(3)17-21-15/h12,14,20H,4-11H2,1-3H3. The zero-order valence-electron chi connectivity index (χ0n) is 13.5. The summed E-state index contributed by atoms with van der Waals surface area (Å²) >= 11 is 1.49. The highest BCUT2D eigenvalue weighted by atomic mass is 32.1. The quantitative estimate of drug-likeness (QED) is 0.872. The molecule has 6 heteroatoms. The number of aromatic nitrogens is 2. The van der Waals surface area contributed by atoms with Crippen molar-refractivity contribution in [3.8, 4) is 0 Å². The fourth-order valence-corrected chi connectivity index (χ4v) is 3.40. The largest absolute Gasteiger partial charge is 0.392 e. The summed E-state index contributed by atoms with van der Waals surface area (Å²) in [4.78, 5) is 9.19. The van der Waals surface area contributed by atoms with Crippen LogP contribution in [-0.4, -0.2) is 58.2 Å². The topological polar surface area (TPSA) is 52.5 Å². The highest BCUT2D eigenvalue weighted by molar-refractivity contribution is 7.09. The second-order valence-electron chi connectivity index (χ2n) is 6.39. The summed E-state index contributed by atoms with van der Waals surface area (Å²) in [5, 5.41) is 11.2. The molecule has 0 aliphatic carbocycles. The van der Waals surface area contributed by atoms with Crippen LogP contribution in [0.2, 0.25) is 0 Å². The molecule has 1 N–H and O–H groups in total. The first-order valence-electron chi connectivity index (χ1n) is 8.00. The van der Waals surface area contributed by atoms with Gasteiger partial charge < -0.3 is 10.0 Å². The third-order valence-electron chi connectivity index (χ3n) is 3.92. The average molecular weight is 312 g/mol. The first-order valence-corrected chi connectivity index (χ1v) is 8.77. The highest BCUT2D eigenvalue weighted by Crippen LogP contribution is 2.19. The number of hydrogen-bond donors (Lipinski definition) is 1. The molecular weight excluding hydrogens is 284 g/mol. The molecule has 5 nitrogen and oxygen atoms in total. The van der Waals surface area contributed by atoms with Crippen LogP contribution in [-0.2, 0) is 0 Å². The monoisotopic (exact) mass is 312 g/mol. The van der Waals surface area contributed by atoms with Crippen molar-refractivity contribution in [2.45, 2.75) is 46.1 Å². The Kier molecular flexibility index (Phi) is 6.39. The second-order valence-corrected chi connectivity index (χ2v) is 7.12. The van der Waals surface area contributed by atoms with Gasteiger partial charge in [-0.3, -0.25) is 4.90 Å². The van der Waals surface area contributed by atoms with Crippen LogP contribution < -0.4 is 4.90 Å². The van der Waals surface area contributed by atoms with Gasteiger partial charge in [0.25, 0.3) is 0 Å². The Labute approximate surface area is 132 Å². The molecule has 1 aliphatic rings. The molecule has 120 valence electrons. The fourth-order valence-electron chi connectivity index (χ4n) is 2.67. The van der Waals surface area contributed by atoms with Crippen molar-refractivity contribution in [1.29, 1.82) is 0 Å². The summed E-state index contributed by atoms with van der Waals surface area (Å²) in [6.07, 6.45) is 2.94. The molecule has 1 saturated heterocycles. The Hall–Kier alpha value is -0.720. The fraction of sp³-hybridized carbons (Fsp3) is 0.867. The normalized spacial score (nSPS) is 19.0. The van der Waals surface area contributed by atoms with Crippen LogP contribution in [0.15, 0.2) is 0 Å². The predicted molar refractivity (Wildman–Crippen MR) is 88.0 cm³/mol. The van der Waals surface area contributed by atoms with E-state index >= 15 is 0 Å². The van der Waals surface area contributed by atoms with E-state index in [1.807, 2.05) is 6.92 Å². The molecule has 1 aliphatic heterocycles. The molecule has 1 atom stereocenters. The Balaban J connectivity index is 1.78. The van der Waals surface area contributed by atoms with Crippen LogP contribution in [0.25, 0.3) is 0 Å². The minimum Gasteiger partial charge on any atom is -0.392 e. The van der Waals surface area contributed by atoms with E-state index in [1.165, 1.54) is 11.5 Å². The van der Waals surface area contributed by atoms with E-state index in [1.54, 1.807) is 0 Å². The Morgan fingerprint density at radius 3 is 2.67 bits per heavy atom.